The number of nitrogens with one attached hydrogen (secondary N) is 1. The third kappa shape index (κ3) is 67.2. The summed E-state index contributed by atoms with van der Waals surface area (Å²) in [5.74, 6) is -0.0183. The molecule has 2 unspecified atom stereocenters. The molecule has 0 fully saturated rings. The number of aliphatic hydroxyl groups is 2. The lowest BCUT2D eigenvalue weighted by molar-refractivity contribution is -0.143. The smallest absolute Gasteiger partial charge is 0.305 e. The van der Waals surface area contributed by atoms with Crippen LogP contribution in [0, 0.1) is 0 Å². The Bertz CT molecular complexity index is 1330. The minimum absolute atomic E-state index is 0.0128. The topological polar surface area (TPSA) is 95.9 Å². The molecule has 2 atom stereocenters. The predicted molar refractivity (Wildman–Crippen MR) is 361 cm³/mol. The summed E-state index contributed by atoms with van der Waals surface area (Å²) in [7, 11) is 0. The molecule has 0 aliphatic rings. The van der Waals surface area contributed by atoms with Crippen LogP contribution < -0.4 is 5.32 Å². The monoisotopic (exact) mass is 1150 g/mol. The zero-order valence-electron chi connectivity index (χ0n) is 55.5. The molecule has 0 saturated heterocycles. The number of allylic oxidation sites excluding steroid dienone is 6. The van der Waals surface area contributed by atoms with Crippen LogP contribution >= 0.6 is 0 Å². The van der Waals surface area contributed by atoms with Crippen LogP contribution in [-0.4, -0.2) is 47.4 Å². The van der Waals surface area contributed by atoms with Gasteiger partial charge in [-0.2, -0.15) is 0 Å². The highest BCUT2D eigenvalue weighted by Crippen LogP contribution is 2.19. The third-order valence-corrected chi connectivity index (χ3v) is 17.4. The molecule has 484 valence electrons. The number of hydrogen-bond acceptors (Lipinski definition) is 5. The number of aliphatic hydroxyl groups excluding tert-OH is 2. The first-order valence-corrected chi connectivity index (χ1v) is 37.2. The number of ether oxygens (including phenoxy) is 1. The second kappa shape index (κ2) is 71.6. The predicted octanol–water partition coefficient (Wildman–Crippen LogP) is 24.3. The van der Waals surface area contributed by atoms with Crippen LogP contribution in [0.5, 0.6) is 0 Å². The minimum Gasteiger partial charge on any atom is -0.466 e. The number of esters is 1. The summed E-state index contributed by atoms with van der Waals surface area (Å²) in [6.45, 7) is 4.96. The summed E-state index contributed by atoms with van der Waals surface area (Å²) >= 11 is 0. The molecular formula is C76H145NO5. The Morgan fingerprint density at radius 1 is 0.341 bits per heavy atom. The van der Waals surface area contributed by atoms with Crippen molar-refractivity contribution in [2.24, 2.45) is 0 Å². The lowest BCUT2D eigenvalue weighted by atomic mass is 10.0. The Morgan fingerprint density at radius 3 is 0.939 bits per heavy atom. The molecule has 0 aromatic carbocycles. The van der Waals surface area contributed by atoms with Crippen molar-refractivity contribution in [3.8, 4) is 0 Å². The van der Waals surface area contributed by atoms with Gasteiger partial charge in [-0.1, -0.05) is 352 Å². The van der Waals surface area contributed by atoms with Gasteiger partial charge in [-0.25, -0.2) is 0 Å². The average Bonchev–Trinajstić information content (AvgIpc) is 3.48. The molecule has 0 rings (SSSR count). The standard InChI is InChI=1S/C76H145NO5/c1-3-5-7-9-11-13-15-16-42-46-50-54-58-62-66-70-76(81)82-71-67-63-59-55-51-47-44-41-39-37-35-33-31-29-27-25-23-21-19-17-18-20-22-24-26-28-30-32-34-36-38-40-43-45-49-53-57-61-65-69-75(80)77-73(72-78)74(79)68-64-60-56-52-48-14-12-10-8-6-4-2/h16-18,21,23,42,73-74,78-79H,3-15,19-20,22,24-41,43-72H2,1-2H3,(H,77,80)/b18-17-,23-21-,42-16-. The van der Waals surface area contributed by atoms with E-state index in [9.17, 15) is 19.8 Å². The van der Waals surface area contributed by atoms with E-state index in [1.165, 1.54) is 327 Å². The number of unbranched alkanes of at least 4 members (excludes halogenated alkanes) is 53. The first kappa shape index (κ1) is 80.1. The Balaban J connectivity index is 3.33. The van der Waals surface area contributed by atoms with E-state index in [4.69, 9.17) is 4.74 Å². The molecule has 0 aliphatic carbocycles. The normalized spacial score (nSPS) is 12.7. The van der Waals surface area contributed by atoms with E-state index in [2.05, 4.69) is 55.6 Å². The summed E-state index contributed by atoms with van der Waals surface area (Å²) in [6.07, 6.45) is 92.3. The lowest BCUT2D eigenvalue weighted by Gasteiger charge is -2.22. The summed E-state index contributed by atoms with van der Waals surface area (Å²) < 4.78 is 5.49. The van der Waals surface area contributed by atoms with Crippen LogP contribution in [0.2, 0.25) is 0 Å². The van der Waals surface area contributed by atoms with Gasteiger partial charge < -0.3 is 20.3 Å². The molecule has 0 saturated carbocycles. The molecule has 6 nitrogen and oxygen atoms in total. The minimum atomic E-state index is -0.660. The number of carbonyl (C=O) groups excluding carboxylic acids is 2. The molecule has 3 N–H and O–H groups in total. The fourth-order valence-electron chi connectivity index (χ4n) is 11.7. The molecule has 0 spiro atoms. The van der Waals surface area contributed by atoms with Gasteiger partial charge in [-0.05, 0) is 83.5 Å². The molecule has 0 aromatic heterocycles. The van der Waals surface area contributed by atoms with Crippen molar-refractivity contribution in [1.29, 1.82) is 0 Å². The van der Waals surface area contributed by atoms with E-state index in [0.29, 0.717) is 25.9 Å². The highest BCUT2D eigenvalue weighted by molar-refractivity contribution is 5.76. The second-order valence-corrected chi connectivity index (χ2v) is 25.6. The van der Waals surface area contributed by atoms with Gasteiger partial charge in [-0.15, -0.1) is 0 Å². The molecule has 0 bridgehead atoms. The number of rotatable bonds is 70. The van der Waals surface area contributed by atoms with Crippen LogP contribution in [0.3, 0.4) is 0 Å². The van der Waals surface area contributed by atoms with Crippen molar-refractivity contribution in [3.63, 3.8) is 0 Å². The maximum atomic E-state index is 12.5. The SMILES string of the molecule is CCCCCCCC/C=C\CCCCCCCC(=O)OCCCCCCCCCCCCCCCCC/C=C\C/C=C\CCCCCCCCCCCCCCCCCCCC(=O)NC(CO)C(O)CCCCCCCCCCCCC. The highest BCUT2D eigenvalue weighted by atomic mass is 16.5. The summed E-state index contributed by atoms with van der Waals surface area (Å²) in [5, 5.41) is 23.2. The van der Waals surface area contributed by atoms with Crippen molar-refractivity contribution < 1.29 is 24.5 Å². The van der Waals surface area contributed by atoms with Crippen molar-refractivity contribution >= 4 is 11.9 Å². The van der Waals surface area contributed by atoms with Gasteiger partial charge in [0.15, 0.2) is 0 Å². The summed E-state index contributed by atoms with van der Waals surface area (Å²) in [5.41, 5.74) is 0. The fourth-order valence-corrected chi connectivity index (χ4v) is 11.7. The van der Waals surface area contributed by atoms with Crippen molar-refractivity contribution in [1.82, 2.24) is 5.32 Å². The Kier molecular flexibility index (Phi) is 69.9. The van der Waals surface area contributed by atoms with E-state index in [1.807, 2.05) is 0 Å². The van der Waals surface area contributed by atoms with Gasteiger partial charge in [0.1, 0.15) is 0 Å². The maximum Gasteiger partial charge on any atom is 0.305 e. The van der Waals surface area contributed by atoms with Crippen molar-refractivity contribution in [3.05, 3.63) is 36.5 Å². The molecule has 0 aliphatic heterocycles. The van der Waals surface area contributed by atoms with Gasteiger partial charge in [0, 0.05) is 12.8 Å². The first-order chi connectivity index (χ1) is 40.5. The summed E-state index contributed by atoms with van der Waals surface area (Å²) in [4.78, 5) is 24.5. The molecule has 82 heavy (non-hydrogen) atoms. The van der Waals surface area contributed by atoms with E-state index in [0.717, 1.165) is 51.4 Å². The first-order valence-electron chi connectivity index (χ1n) is 37.2. The molecule has 0 aromatic rings. The molecule has 1 amide bonds. The fraction of sp³-hybridized carbons (Fsp3) is 0.895. The number of carbonyl (C=O) groups is 2. The number of amides is 1. The van der Waals surface area contributed by atoms with Gasteiger partial charge in [0.2, 0.25) is 5.91 Å². The van der Waals surface area contributed by atoms with E-state index < -0.39 is 12.1 Å². The zero-order chi connectivity index (χ0) is 59.2. The van der Waals surface area contributed by atoms with Crippen LogP contribution in [-0.2, 0) is 14.3 Å². The van der Waals surface area contributed by atoms with Crippen LogP contribution in [0.1, 0.15) is 412 Å². The van der Waals surface area contributed by atoms with Gasteiger partial charge >= 0.3 is 5.97 Å². The lowest BCUT2D eigenvalue weighted by Crippen LogP contribution is -2.45. The Labute approximate surface area is 513 Å². The van der Waals surface area contributed by atoms with Crippen molar-refractivity contribution in [2.45, 2.75) is 424 Å². The molecule has 0 heterocycles. The third-order valence-electron chi connectivity index (χ3n) is 17.4. The van der Waals surface area contributed by atoms with Gasteiger partial charge in [-0.3, -0.25) is 9.59 Å². The quantitative estimate of drug-likeness (QED) is 0.0320. The Hall–Kier alpha value is -1.92. The summed E-state index contributed by atoms with van der Waals surface area (Å²) in [6, 6.07) is -0.538. The molecular weight excluding hydrogens is 1010 g/mol. The van der Waals surface area contributed by atoms with E-state index in [1.54, 1.807) is 0 Å². The van der Waals surface area contributed by atoms with E-state index in [-0.39, 0.29) is 18.5 Å². The van der Waals surface area contributed by atoms with Gasteiger partial charge in [0.25, 0.3) is 0 Å². The van der Waals surface area contributed by atoms with Crippen LogP contribution in [0.25, 0.3) is 0 Å². The highest BCUT2D eigenvalue weighted by Gasteiger charge is 2.20. The number of hydrogen-bond donors (Lipinski definition) is 3. The van der Waals surface area contributed by atoms with Crippen molar-refractivity contribution in [2.75, 3.05) is 13.2 Å². The second-order valence-electron chi connectivity index (χ2n) is 25.6. The maximum absolute atomic E-state index is 12.5. The largest absolute Gasteiger partial charge is 0.466 e. The van der Waals surface area contributed by atoms with Crippen LogP contribution in [0.4, 0.5) is 0 Å². The molecule has 0 radical (unpaired) electrons. The van der Waals surface area contributed by atoms with Crippen LogP contribution in [0.15, 0.2) is 36.5 Å². The van der Waals surface area contributed by atoms with E-state index >= 15 is 0 Å². The Morgan fingerprint density at radius 2 is 0.610 bits per heavy atom. The zero-order valence-corrected chi connectivity index (χ0v) is 55.5. The molecule has 6 heteroatoms. The van der Waals surface area contributed by atoms with Gasteiger partial charge in [0.05, 0.1) is 25.4 Å². The average molecular weight is 1150 g/mol.